The molecule has 0 spiro atoms. The van der Waals surface area contributed by atoms with Gasteiger partial charge in [-0.15, -0.1) is 11.3 Å². The van der Waals surface area contributed by atoms with E-state index in [2.05, 4.69) is 54.3 Å². The Hall–Kier alpha value is -1.23. The average Bonchev–Trinajstić information content (AvgIpc) is 2.84. The van der Waals surface area contributed by atoms with Gasteiger partial charge in [0.2, 0.25) is 0 Å². The molecule has 3 nitrogen and oxygen atoms in total. The number of hydrogen-bond donors (Lipinski definition) is 1. The zero-order valence-electron chi connectivity index (χ0n) is 13.2. The monoisotopic (exact) mass is 303 g/mol. The fraction of sp³-hybridized carbons (Fsp3) is 0.471. The second-order valence-corrected chi connectivity index (χ2v) is 6.72. The van der Waals surface area contributed by atoms with Gasteiger partial charge in [0.15, 0.2) is 0 Å². The van der Waals surface area contributed by atoms with E-state index in [4.69, 9.17) is 0 Å². The Labute approximate surface area is 132 Å². The number of likely N-dealkylation sites (N-methyl/N-ethyl adjacent to an activating group) is 1. The van der Waals surface area contributed by atoms with Crippen LogP contribution in [-0.2, 0) is 19.5 Å². The molecule has 0 aliphatic heterocycles. The van der Waals surface area contributed by atoms with E-state index < -0.39 is 0 Å². The molecule has 0 saturated carbocycles. The minimum Gasteiger partial charge on any atom is -0.312 e. The summed E-state index contributed by atoms with van der Waals surface area (Å²) < 4.78 is 0. The summed E-state index contributed by atoms with van der Waals surface area (Å²) in [6, 6.07) is 8.46. The molecule has 0 amide bonds. The predicted molar refractivity (Wildman–Crippen MR) is 90.7 cm³/mol. The van der Waals surface area contributed by atoms with Crippen molar-refractivity contribution in [1.29, 1.82) is 0 Å². The van der Waals surface area contributed by atoms with Gasteiger partial charge in [0.1, 0.15) is 0 Å². The van der Waals surface area contributed by atoms with Gasteiger partial charge in [0, 0.05) is 47.7 Å². The number of aryl methyl sites for hydroxylation is 1. The van der Waals surface area contributed by atoms with Crippen molar-refractivity contribution in [2.45, 2.75) is 33.4 Å². The summed E-state index contributed by atoms with van der Waals surface area (Å²) in [5, 5.41) is 3.39. The van der Waals surface area contributed by atoms with Gasteiger partial charge in [-0.3, -0.25) is 4.98 Å². The molecular weight excluding hydrogens is 278 g/mol. The lowest BCUT2D eigenvalue weighted by atomic mass is 10.2. The molecule has 4 heteroatoms. The molecule has 2 rings (SSSR count). The Morgan fingerprint density at radius 1 is 1.33 bits per heavy atom. The molecule has 0 aliphatic carbocycles. The maximum Gasteiger partial charge on any atom is 0.0416 e. The fourth-order valence-corrected chi connectivity index (χ4v) is 3.32. The molecular formula is C17H25N3S. The molecule has 2 heterocycles. The highest BCUT2D eigenvalue weighted by atomic mass is 32.1. The minimum absolute atomic E-state index is 0.986. The van der Waals surface area contributed by atoms with Crippen LogP contribution in [0, 0.1) is 6.92 Å². The van der Waals surface area contributed by atoms with Gasteiger partial charge in [-0.1, -0.05) is 13.0 Å². The summed E-state index contributed by atoms with van der Waals surface area (Å²) in [5.41, 5.74) is 2.62. The third-order valence-corrected chi connectivity index (χ3v) is 4.63. The summed E-state index contributed by atoms with van der Waals surface area (Å²) in [6.45, 7) is 8.43. The summed E-state index contributed by atoms with van der Waals surface area (Å²) in [7, 11) is 2.18. The van der Waals surface area contributed by atoms with Crippen LogP contribution in [0.15, 0.2) is 30.5 Å². The summed E-state index contributed by atoms with van der Waals surface area (Å²) >= 11 is 1.91. The van der Waals surface area contributed by atoms with E-state index in [1.807, 2.05) is 23.6 Å². The third kappa shape index (κ3) is 5.23. The van der Waals surface area contributed by atoms with Crippen molar-refractivity contribution in [1.82, 2.24) is 15.2 Å². The van der Waals surface area contributed by atoms with E-state index in [-0.39, 0.29) is 0 Å². The number of nitrogens with zero attached hydrogens (tertiary/aromatic N) is 2. The Kier molecular flexibility index (Phi) is 6.36. The Morgan fingerprint density at radius 3 is 2.90 bits per heavy atom. The molecule has 0 unspecified atom stereocenters. The smallest absolute Gasteiger partial charge is 0.0416 e. The Balaban J connectivity index is 1.84. The molecule has 21 heavy (non-hydrogen) atoms. The van der Waals surface area contributed by atoms with Crippen molar-refractivity contribution in [3.05, 3.63) is 51.5 Å². The van der Waals surface area contributed by atoms with Gasteiger partial charge in [0.25, 0.3) is 0 Å². The molecule has 0 saturated heterocycles. The van der Waals surface area contributed by atoms with Crippen molar-refractivity contribution < 1.29 is 0 Å². The van der Waals surface area contributed by atoms with Crippen molar-refractivity contribution >= 4 is 11.3 Å². The van der Waals surface area contributed by atoms with Crippen LogP contribution in [0.2, 0.25) is 0 Å². The molecule has 0 aromatic carbocycles. The highest BCUT2D eigenvalue weighted by Gasteiger charge is 2.08. The molecule has 0 radical (unpaired) electrons. The molecule has 114 valence electrons. The first-order valence-corrected chi connectivity index (χ1v) is 8.38. The van der Waals surface area contributed by atoms with Gasteiger partial charge in [-0.25, -0.2) is 0 Å². The van der Waals surface area contributed by atoms with Crippen molar-refractivity contribution in [2.24, 2.45) is 0 Å². The molecule has 0 fully saturated rings. The zero-order chi connectivity index (χ0) is 15.1. The minimum atomic E-state index is 0.986. The number of hydrogen-bond acceptors (Lipinski definition) is 4. The fourth-order valence-electron chi connectivity index (χ4n) is 2.30. The van der Waals surface area contributed by atoms with Gasteiger partial charge in [0.05, 0.1) is 0 Å². The van der Waals surface area contributed by atoms with E-state index in [0.29, 0.717) is 0 Å². The topological polar surface area (TPSA) is 28.2 Å². The molecule has 2 aromatic rings. The van der Waals surface area contributed by atoms with Crippen LogP contribution >= 0.6 is 11.3 Å². The maximum atomic E-state index is 4.38. The van der Waals surface area contributed by atoms with Gasteiger partial charge >= 0.3 is 0 Å². The molecule has 0 bridgehead atoms. The first-order chi connectivity index (χ1) is 10.2. The second kappa shape index (κ2) is 8.27. The van der Waals surface area contributed by atoms with Crippen LogP contribution in [0.5, 0.6) is 0 Å². The van der Waals surface area contributed by atoms with Crippen LogP contribution in [0.1, 0.15) is 27.9 Å². The predicted octanol–water partition coefficient (Wildman–Crippen LogP) is 3.24. The van der Waals surface area contributed by atoms with Crippen molar-refractivity contribution in [3.8, 4) is 0 Å². The van der Waals surface area contributed by atoms with Gasteiger partial charge in [-0.05, 0) is 44.3 Å². The van der Waals surface area contributed by atoms with E-state index >= 15 is 0 Å². The van der Waals surface area contributed by atoms with Crippen LogP contribution in [0.3, 0.4) is 0 Å². The summed E-state index contributed by atoms with van der Waals surface area (Å²) in [6.07, 6.45) is 2.87. The standard InChI is InChI=1S/C17H25N3S/c1-4-18-12-17-11-15(14(2)21-17)13-20(3)10-8-16-7-5-6-9-19-16/h5-7,9,11,18H,4,8,10,12-13H2,1-3H3. The van der Waals surface area contributed by atoms with E-state index in [9.17, 15) is 0 Å². The van der Waals surface area contributed by atoms with Gasteiger partial charge < -0.3 is 10.2 Å². The first-order valence-electron chi connectivity index (χ1n) is 7.56. The lowest BCUT2D eigenvalue weighted by molar-refractivity contribution is 0.330. The second-order valence-electron chi connectivity index (χ2n) is 5.38. The number of rotatable bonds is 8. The van der Waals surface area contributed by atoms with Crippen LogP contribution in [-0.4, -0.2) is 30.0 Å². The average molecular weight is 303 g/mol. The summed E-state index contributed by atoms with van der Waals surface area (Å²) in [4.78, 5) is 9.63. The maximum absolute atomic E-state index is 4.38. The molecule has 0 aliphatic rings. The molecule has 0 atom stereocenters. The number of thiophene rings is 1. The number of pyridine rings is 1. The lowest BCUT2D eigenvalue weighted by Gasteiger charge is -2.16. The first kappa shape index (κ1) is 16.1. The SMILES string of the molecule is CCNCc1cc(CN(C)CCc2ccccn2)c(C)s1. The van der Waals surface area contributed by atoms with E-state index in [1.165, 1.54) is 21.0 Å². The highest BCUT2D eigenvalue weighted by Crippen LogP contribution is 2.22. The third-order valence-electron chi connectivity index (χ3n) is 3.54. The van der Waals surface area contributed by atoms with Gasteiger partial charge in [-0.2, -0.15) is 0 Å². The van der Waals surface area contributed by atoms with Crippen LogP contribution in [0.25, 0.3) is 0 Å². The van der Waals surface area contributed by atoms with Crippen LogP contribution in [0.4, 0.5) is 0 Å². The van der Waals surface area contributed by atoms with Crippen molar-refractivity contribution in [3.63, 3.8) is 0 Å². The Morgan fingerprint density at radius 2 is 2.19 bits per heavy atom. The summed E-state index contributed by atoms with van der Waals surface area (Å²) in [5.74, 6) is 0. The number of aromatic nitrogens is 1. The zero-order valence-corrected chi connectivity index (χ0v) is 14.0. The molecule has 2 aromatic heterocycles. The largest absolute Gasteiger partial charge is 0.312 e. The van der Waals surface area contributed by atoms with Crippen LogP contribution < -0.4 is 5.32 Å². The van der Waals surface area contributed by atoms with E-state index in [0.717, 1.165) is 32.6 Å². The molecule has 1 N–H and O–H groups in total. The normalized spacial score (nSPS) is 11.2. The Bertz CT molecular complexity index is 536. The lowest BCUT2D eigenvalue weighted by Crippen LogP contribution is -2.21. The highest BCUT2D eigenvalue weighted by molar-refractivity contribution is 7.12. The van der Waals surface area contributed by atoms with Crippen molar-refractivity contribution in [2.75, 3.05) is 20.1 Å². The van der Waals surface area contributed by atoms with E-state index in [1.54, 1.807) is 0 Å². The quantitative estimate of drug-likeness (QED) is 0.811. The number of nitrogens with one attached hydrogen (secondary N) is 1.